The van der Waals surface area contributed by atoms with Crippen LogP contribution in [0.4, 0.5) is 0 Å². The molecule has 2 aromatic carbocycles. The van der Waals surface area contributed by atoms with Gasteiger partial charge in [0, 0.05) is 31.1 Å². The first-order valence-corrected chi connectivity index (χ1v) is 12.2. The van der Waals surface area contributed by atoms with Gasteiger partial charge in [-0.05, 0) is 47.7 Å². The van der Waals surface area contributed by atoms with Crippen LogP contribution in [0.5, 0.6) is 11.5 Å². The van der Waals surface area contributed by atoms with Crippen molar-refractivity contribution in [2.45, 2.75) is 18.9 Å². The van der Waals surface area contributed by atoms with Crippen LogP contribution >= 0.6 is 11.3 Å². The lowest BCUT2D eigenvalue weighted by atomic mass is 9.91. The minimum Gasteiger partial charge on any atom is -0.485 e. The quantitative estimate of drug-likeness (QED) is 0.586. The van der Waals surface area contributed by atoms with E-state index in [-0.39, 0.29) is 18.4 Å². The van der Waals surface area contributed by atoms with E-state index >= 15 is 0 Å². The Hall–Kier alpha value is -3.32. The maximum absolute atomic E-state index is 13.2. The van der Waals surface area contributed by atoms with E-state index in [1.54, 1.807) is 16.2 Å². The van der Waals surface area contributed by atoms with Crippen molar-refractivity contribution in [2.75, 3.05) is 32.8 Å². The highest BCUT2D eigenvalue weighted by Crippen LogP contribution is 2.40. The third kappa shape index (κ3) is 3.66. The number of fused-ring (bicyclic) bond motifs is 4. The summed E-state index contributed by atoms with van der Waals surface area (Å²) in [5.41, 5.74) is 3.88. The molecule has 0 bridgehead atoms. The molecule has 3 aromatic rings. The number of para-hydroxylation sites is 2. The molecule has 1 aliphatic carbocycles. The molecule has 3 aliphatic rings. The van der Waals surface area contributed by atoms with Gasteiger partial charge in [-0.3, -0.25) is 9.59 Å². The molecule has 7 heteroatoms. The summed E-state index contributed by atoms with van der Waals surface area (Å²) in [4.78, 5) is 31.9. The van der Waals surface area contributed by atoms with Crippen LogP contribution in [0.15, 0.2) is 54.6 Å². The van der Waals surface area contributed by atoms with Crippen LogP contribution < -0.4 is 9.47 Å². The minimum atomic E-state index is -0.647. The van der Waals surface area contributed by atoms with Gasteiger partial charge < -0.3 is 19.3 Å². The average Bonchev–Trinajstić information content (AvgIpc) is 3.33. The number of nitrogens with zero attached hydrogens (tertiary/aromatic N) is 2. The van der Waals surface area contributed by atoms with Crippen LogP contribution in [-0.2, 0) is 17.6 Å². The summed E-state index contributed by atoms with van der Waals surface area (Å²) >= 11 is 1.59. The van der Waals surface area contributed by atoms with Gasteiger partial charge in [0.25, 0.3) is 11.8 Å². The molecule has 0 radical (unpaired) electrons. The molecule has 3 heterocycles. The number of piperazine rings is 1. The molecule has 2 aliphatic heterocycles. The van der Waals surface area contributed by atoms with Gasteiger partial charge in [0.1, 0.15) is 6.61 Å². The minimum absolute atomic E-state index is 0.0603. The molecule has 33 heavy (non-hydrogen) atoms. The zero-order valence-electron chi connectivity index (χ0n) is 18.2. The molecule has 1 atom stereocenters. The predicted octanol–water partition coefficient (Wildman–Crippen LogP) is 3.64. The van der Waals surface area contributed by atoms with Crippen LogP contribution in [0.3, 0.4) is 0 Å². The van der Waals surface area contributed by atoms with Crippen LogP contribution in [0, 0.1) is 0 Å². The summed E-state index contributed by atoms with van der Waals surface area (Å²) < 4.78 is 11.6. The predicted molar refractivity (Wildman–Crippen MR) is 126 cm³/mol. The van der Waals surface area contributed by atoms with Gasteiger partial charge in [0.2, 0.25) is 6.10 Å². The standard InChI is InChI=1S/C26H24N2O4S/c29-25(22-16-31-20-7-3-4-8-21(20)32-22)27-11-13-28(14-12-27)26(30)23-15-18-10-9-17-5-1-2-6-19(17)24(18)33-23/h1-8,15,22H,9-14,16H2. The van der Waals surface area contributed by atoms with E-state index in [0.717, 1.165) is 17.7 Å². The lowest BCUT2D eigenvalue weighted by molar-refractivity contribution is -0.142. The van der Waals surface area contributed by atoms with Crippen molar-refractivity contribution in [3.05, 3.63) is 70.6 Å². The molecule has 168 valence electrons. The highest BCUT2D eigenvalue weighted by atomic mass is 32.1. The highest BCUT2D eigenvalue weighted by Gasteiger charge is 2.34. The fourth-order valence-corrected chi connectivity index (χ4v) is 6.05. The third-order valence-corrected chi connectivity index (χ3v) is 7.81. The van der Waals surface area contributed by atoms with E-state index in [1.807, 2.05) is 29.2 Å². The molecule has 6 rings (SSSR count). The van der Waals surface area contributed by atoms with Crippen molar-refractivity contribution in [3.8, 4) is 21.9 Å². The zero-order valence-corrected chi connectivity index (χ0v) is 19.0. The normalized spacial score (nSPS) is 19.0. The second-order valence-electron chi connectivity index (χ2n) is 8.60. The molecule has 2 amide bonds. The van der Waals surface area contributed by atoms with E-state index in [9.17, 15) is 9.59 Å². The summed E-state index contributed by atoms with van der Waals surface area (Å²) in [7, 11) is 0. The number of amides is 2. The van der Waals surface area contributed by atoms with Crippen molar-refractivity contribution in [3.63, 3.8) is 0 Å². The van der Waals surface area contributed by atoms with Crippen LogP contribution in [0.25, 0.3) is 10.4 Å². The molecule has 1 fully saturated rings. The van der Waals surface area contributed by atoms with E-state index in [4.69, 9.17) is 9.47 Å². The molecular weight excluding hydrogens is 436 g/mol. The van der Waals surface area contributed by atoms with Crippen LogP contribution in [-0.4, -0.2) is 60.5 Å². The summed E-state index contributed by atoms with van der Waals surface area (Å²) in [6.45, 7) is 2.25. The highest BCUT2D eigenvalue weighted by molar-refractivity contribution is 7.17. The molecular formula is C26H24N2O4S. The van der Waals surface area contributed by atoms with E-state index in [1.165, 1.54) is 21.6 Å². The Bertz CT molecular complexity index is 1230. The molecule has 1 unspecified atom stereocenters. The Labute approximate surface area is 196 Å². The monoisotopic (exact) mass is 460 g/mol. The molecule has 1 aromatic heterocycles. The number of hydrogen-bond acceptors (Lipinski definition) is 5. The third-order valence-electron chi connectivity index (χ3n) is 6.61. The SMILES string of the molecule is O=C(c1cc2c(s1)-c1ccccc1CC2)N1CCN(C(=O)C2COc3ccccc3O2)CC1. The van der Waals surface area contributed by atoms with E-state index in [0.29, 0.717) is 37.7 Å². The lowest BCUT2D eigenvalue weighted by Gasteiger charge is -2.37. The first kappa shape index (κ1) is 20.3. The van der Waals surface area contributed by atoms with E-state index in [2.05, 4.69) is 30.3 Å². The number of thiophene rings is 1. The van der Waals surface area contributed by atoms with E-state index < -0.39 is 6.10 Å². The number of carbonyl (C=O) groups excluding carboxylic acids is 2. The van der Waals surface area contributed by atoms with Crippen LogP contribution in [0.1, 0.15) is 20.8 Å². The van der Waals surface area contributed by atoms with Crippen LogP contribution in [0.2, 0.25) is 0 Å². The molecule has 0 spiro atoms. The average molecular weight is 461 g/mol. The van der Waals surface area contributed by atoms with Gasteiger partial charge in [-0.1, -0.05) is 36.4 Å². The van der Waals surface area contributed by atoms with Gasteiger partial charge in [0.15, 0.2) is 11.5 Å². The number of carbonyl (C=O) groups is 2. The smallest absolute Gasteiger partial charge is 0.267 e. The number of benzene rings is 2. The first-order valence-electron chi connectivity index (χ1n) is 11.3. The van der Waals surface area contributed by atoms with Crippen molar-refractivity contribution in [2.24, 2.45) is 0 Å². The number of rotatable bonds is 2. The summed E-state index contributed by atoms with van der Waals surface area (Å²) in [6, 6.07) is 17.9. The van der Waals surface area contributed by atoms with Crippen molar-refractivity contribution >= 4 is 23.2 Å². The molecule has 6 nitrogen and oxygen atoms in total. The maximum Gasteiger partial charge on any atom is 0.267 e. The number of aryl methyl sites for hydroxylation is 2. The summed E-state index contributed by atoms with van der Waals surface area (Å²) in [5, 5.41) is 0. The second kappa shape index (κ2) is 8.23. The summed E-state index contributed by atoms with van der Waals surface area (Å²) in [5.74, 6) is 1.24. The number of ether oxygens (including phenoxy) is 2. The van der Waals surface area contributed by atoms with Gasteiger partial charge in [-0.15, -0.1) is 11.3 Å². The summed E-state index contributed by atoms with van der Waals surface area (Å²) in [6.07, 6.45) is 1.35. The molecule has 0 N–H and O–H groups in total. The van der Waals surface area contributed by atoms with Gasteiger partial charge >= 0.3 is 0 Å². The van der Waals surface area contributed by atoms with Crippen molar-refractivity contribution in [1.29, 1.82) is 0 Å². The van der Waals surface area contributed by atoms with Gasteiger partial charge in [0.05, 0.1) is 4.88 Å². The Morgan fingerprint density at radius 3 is 2.39 bits per heavy atom. The van der Waals surface area contributed by atoms with Crippen molar-refractivity contribution in [1.82, 2.24) is 9.80 Å². The topological polar surface area (TPSA) is 59.1 Å². The second-order valence-corrected chi connectivity index (χ2v) is 9.66. The van der Waals surface area contributed by atoms with Gasteiger partial charge in [-0.25, -0.2) is 0 Å². The Morgan fingerprint density at radius 1 is 0.848 bits per heavy atom. The molecule has 1 saturated heterocycles. The maximum atomic E-state index is 13.2. The zero-order chi connectivity index (χ0) is 22.4. The van der Waals surface area contributed by atoms with Crippen molar-refractivity contribution < 1.29 is 19.1 Å². The van der Waals surface area contributed by atoms with Gasteiger partial charge in [-0.2, -0.15) is 0 Å². The first-order chi connectivity index (χ1) is 16.2. The lowest BCUT2D eigenvalue weighted by Crippen LogP contribution is -2.55. The fraction of sp³-hybridized carbons (Fsp3) is 0.308. The Morgan fingerprint density at radius 2 is 1.55 bits per heavy atom. The largest absolute Gasteiger partial charge is 0.485 e. The number of hydrogen-bond donors (Lipinski definition) is 0. The fourth-order valence-electron chi connectivity index (χ4n) is 4.81. The molecule has 0 saturated carbocycles. The Kier molecular flexibility index (Phi) is 5.06. The Balaban J connectivity index is 1.10.